The molecule has 0 bridgehead atoms. The molecule has 2 rings (SSSR count). The predicted octanol–water partition coefficient (Wildman–Crippen LogP) is 0.133. The zero-order chi connectivity index (χ0) is 14.5. The van der Waals surface area contributed by atoms with Crippen molar-refractivity contribution in [3.05, 3.63) is 23.8 Å². The first-order chi connectivity index (χ1) is 9.61. The van der Waals surface area contributed by atoms with Crippen LogP contribution in [0.25, 0.3) is 0 Å². The maximum atomic E-state index is 11.7. The Morgan fingerprint density at radius 1 is 1.55 bits per heavy atom. The van der Waals surface area contributed by atoms with Gasteiger partial charge < -0.3 is 10.4 Å². The van der Waals surface area contributed by atoms with E-state index in [1.165, 1.54) is 12.5 Å². The Kier molecular flexibility index (Phi) is 4.62. The Balaban J connectivity index is 2.06. The zero-order valence-corrected chi connectivity index (χ0v) is 11.4. The minimum absolute atomic E-state index is 0.0378. The molecule has 1 amide bonds. The fraction of sp³-hybridized carbons (Fsp3) is 0.538. The minimum Gasteiger partial charge on any atom is -0.478 e. The summed E-state index contributed by atoms with van der Waals surface area (Å²) in [5, 5.41) is 11.8. The summed E-state index contributed by atoms with van der Waals surface area (Å²) in [7, 11) is 1.63. The van der Waals surface area contributed by atoms with Crippen LogP contribution >= 0.6 is 0 Å². The van der Waals surface area contributed by atoms with E-state index in [1.54, 1.807) is 7.05 Å². The van der Waals surface area contributed by atoms with E-state index in [0.717, 1.165) is 19.4 Å². The number of carboxylic acids is 1. The van der Waals surface area contributed by atoms with E-state index in [1.807, 2.05) is 0 Å². The molecule has 0 aliphatic carbocycles. The highest BCUT2D eigenvalue weighted by Crippen LogP contribution is 2.19. The lowest BCUT2D eigenvalue weighted by molar-refractivity contribution is -0.126. The van der Waals surface area contributed by atoms with Crippen LogP contribution in [0.4, 0.5) is 0 Å². The molecule has 1 fully saturated rings. The second-order valence-electron chi connectivity index (χ2n) is 4.88. The molecule has 1 aromatic heterocycles. The molecule has 20 heavy (non-hydrogen) atoms. The topological polar surface area (TPSA) is 95.4 Å². The summed E-state index contributed by atoms with van der Waals surface area (Å²) < 4.78 is 0. The van der Waals surface area contributed by atoms with Gasteiger partial charge in [0.15, 0.2) is 0 Å². The number of hydrogen-bond acceptors (Lipinski definition) is 5. The van der Waals surface area contributed by atoms with Crippen molar-refractivity contribution in [2.75, 3.05) is 20.1 Å². The second-order valence-corrected chi connectivity index (χ2v) is 4.88. The van der Waals surface area contributed by atoms with Gasteiger partial charge in [-0.3, -0.25) is 9.69 Å². The van der Waals surface area contributed by atoms with Crippen molar-refractivity contribution in [3.63, 3.8) is 0 Å². The predicted molar refractivity (Wildman–Crippen MR) is 71.1 cm³/mol. The fourth-order valence-corrected chi connectivity index (χ4v) is 2.49. The van der Waals surface area contributed by atoms with Gasteiger partial charge in [0.05, 0.1) is 11.6 Å². The largest absolute Gasteiger partial charge is 0.478 e. The van der Waals surface area contributed by atoms with E-state index in [-0.39, 0.29) is 17.4 Å². The molecule has 1 unspecified atom stereocenters. The number of aromatic carboxylic acids is 1. The number of hydrogen-bond donors (Lipinski definition) is 2. The molecule has 0 radical (unpaired) electrons. The molecule has 1 atom stereocenters. The molecule has 1 aliphatic heterocycles. The Hall–Kier alpha value is -2.02. The van der Waals surface area contributed by atoms with Gasteiger partial charge in [0, 0.05) is 26.3 Å². The number of amides is 1. The molecule has 1 aromatic rings. The summed E-state index contributed by atoms with van der Waals surface area (Å²) in [4.78, 5) is 32.7. The summed E-state index contributed by atoms with van der Waals surface area (Å²) in [6, 6.07) is 0. The van der Waals surface area contributed by atoms with E-state index < -0.39 is 5.97 Å². The van der Waals surface area contributed by atoms with E-state index in [0.29, 0.717) is 18.8 Å². The molecule has 2 N–H and O–H groups in total. The fourth-order valence-electron chi connectivity index (χ4n) is 2.49. The smallest absolute Gasteiger partial charge is 0.339 e. The van der Waals surface area contributed by atoms with Crippen LogP contribution < -0.4 is 5.32 Å². The molecular formula is C13H18N4O3. The third-order valence-electron chi connectivity index (χ3n) is 3.52. The van der Waals surface area contributed by atoms with Crippen LogP contribution in [0.2, 0.25) is 0 Å². The molecule has 1 saturated heterocycles. The van der Waals surface area contributed by atoms with Crippen molar-refractivity contribution in [1.29, 1.82) is 0 Å². The quantitative estimate of drug-likeness (QED) is 0.813. The lowest BCUT2D eigenvalue weighted by atomic mass is 9.97. The third kappa shape index (κ3) is 3.30. The standard InChI is InChI=1S/C13H18N4O3/c1-14-12(18)9-3-2-4-17(6-9)7-11-10(13(19)20)5-15-8-16-11/h5,8-9H,2-4,6-7H2,1H3,(H,14,18)(H,19,20). The number of carboxylic acid groups (broad SMARTS) is 1. The van der Waals surface area contributed by atoms with E-state index in [9.17, 15) is 9.59 Å². The molecular weight excluding hydrogens is 260 g/mol. The van der Waals surface area contributed by atoms with E-state index in [4.69, 9.17) is 5.11 Å². The van der Waals surface area contributed by atoms with Crippen LogP contribution in [0, 0.1) is 5.92 Å². The highest BCUT2D eigenvalue weighted by Gasteiger charge is 2.26. The Morgan fingerprint density at radius 2 is 2.35 bits per heavy atom. The average molecular weight is 278 g/mol. The molecule has 2 heterocycles. The Bertz CT molecular complexity index is 506. The molecule has 0 saturated carbocycles. The highest BCUT2D eigenvalue weighted by molar-refractivity contribution is 5.88. The van der Waals surface area contributed by atoms with Gasteiger partial charge >= 0.3 is 5.97 Å². The lowest BCUT2D eigenvalue weighted by Gasteiger charge is -2.31. The summed E-state index contributed by atoms with van der Waals surface area (Å²) in [6.07, 6.45) is 4.45. The first kappa shape index (κ1) is 14.4. The van der Waals surface area contributed by atoms with Gasteiger partial charge in [0.2, 0.25) is 5.91 Å². The lowest BCUT2D eigenvalue weighted by Crippen LogP contribution is -2.42. The monoisotopic (exact) mass is 278 g/mol. The normalized spacial score (nSPS) is 19.6. The van der Waals surface area contributed by atoms with Crippen LogP contribution in [0.15, 0.2) is 12.5 Å². The van der Waals surface area contributed by atoms with Gasteiger partial charge in [-0.15, -0.1) is 0 Å². The van der Waals surface area contributed by atoms with Gasteiger partial charge in [0.25, 0.3) is 0 Å². The number of carbonyl (C=O) groups excluding carboxylic acids is 1. The van der Waals surface area contributed by atoms with Gasteiger partial charge in [-0.05, 0) is 19.4 Å². The van der Waals surface area contributed by atoms with Crippen molar-refractivity contribution < 1.29 is 14.7 Å². The molecule has 0 spiro atoms. The number of carbonyl (C=O) groups is 2. The summed E-state index contributed by atoms with van der Waals surface area (Å²) in [6.45, 7) is 1.90. The molecule has 7 heteroatoms. The third-order valence-corrected chi connectivity index (χ3v) is 3.52. The van der Waals surface area contributed by atoms with E-state index >= 15 is 0 Å². The first-order valence-electron chi connectivity index (χ1n) is 6.58. The van der Waals surface area contributed by atoms with Crippen molar-refractivity contribution >= 4 is 11.9 Å². The maximum absolute atomic E-state index is 11.7. The number of nitrogens with one attached hydrogen (secondary N) is 1. The highest BCUT2D eigenvalue weighted by atomic mass is 16.4. The number of aromatic nitrogens is 2. The first-order valence-corrected chi connectivity index (χ1v) is 6.58. The number of piperidine rings is 1. The minimum atomic E-state index is -1.03. The number of rotatable bonds is 4. The van der Waals surface area contributed by atoms with Crippen LogP contribution in [0.5, 0.6) is 0 Å². The maximum Gasteiger partial charge on any atom is 0.339 e. The van der Waals surface area contributed by atoms with Crippen LogP contribution in [-0.4, -0.2) is 52.0 Å². The Morgan fingerprint density at radius 3 is 3.05 bits per heavy atom. The van der Waals surface area contributed by atoms with Gasteiger partial charge in [0.1, 0.15) is 11.9 Å². The van der Waals surface area contributed by atoms with Crippen molar-refractivity contribution in [2.24, 2.45) is 5.92 Å². The van der Waals surface area contributed by atoms with Crippen LogP contribution in [0.3, 0.4) is 0 Å². The molecule has 1 aliphatic rings. The second kappa shape index (κ2) is 6.42. The van der Waals surface area contributed by atoms with Crippen molar-refractivity contribution in [1.82, 2.24) is 20.2 Å². The van der Waals surface area contributed by atoms with Gasteiger partial charge in [-0.2, -0.15) is 0 Å². The van der Waals surface area contributed by atoms with E-state index in [2.05, 4.69) is 20.2 Å². The van der Waals surface area contributed by atoms with Crippen LogP contribution in [0.1, 0.15) is 28.9 Å². The van der Waals surface area contributed by atoms with Gasteiger partial charge in [-0.1, -0.05) is 0 Å². The SMILES string of the molecule is CNC(=O)C1CCCN(Cc2ncncc2C(=O)O)C1. The molecule has 108 valence electrons. The summed E-state index contributed by atoms with van der Waals surface area (Å²) in [5.74, 6) is -1.03. The summed E-state index contributed by atoms with van der Waals surface area (Å²) >= 11 is 0. The number of likely N-dealkylation sites (tertiary alicyclic amines) is 1. The van der Waals surface area contributed by atoms with Gasteiger partial charge in [-0.25, -0.2) is 14.8 Å². The zero-order valence-electron chi connectivity index (χ0n) is 11.4. The average Bonchev–Trinajstić information content (AvgIpc) is 2.47. The summed E-state index contributed by atoms with van der Waals surface area (Å²) in [5.41, 5.74) is 0.611. The van der Waals surface area contributed by atoms with Crippen LogP contribution in [-0.2, 0) is 11.3 Å². The van der Waals surface area contributed by atoms with Crippen molar-refractivity contribution in [3.8, 4) is 0 Å². The molecule has 7 nitrogen and oxygen atoms in total. The number of nitrogens with zero attached hydrogens (tertiary/aromatic N) is 3. The Labute approximate surface area is 117 Å². The molecule has 0 aromatic carbocycles. The van der Waals surface area contributed by atoms with Crippen molar-refractivity contribution in [2.45, 2.75) is 19.4 Å².